The molecule has 0 fully saturated rings. The van der Waals surface area contributed by atoms with E-state index in [0.717, 1.165) is 0 Å². The molecule has 4 N–H and O–H groups in total. The zero-order chi connectivity index (χ0) is 14.3. The third-order valence-corrected chi connectivity index (χ3v) is 2.37. The van der Waals surface area contributed by atoms with Crippen LogP contribution in [0, 0.1) is 10.1 Å². The Kier molecular flexibility index (Phi) is 5.74. The van der Waals surface area contributed by atoms with Crippen molar-refractivity contribution in [2.75, 3.05) is 18.4 Å². The highest BCUT2D eigenvalue weighted by Crippen LogP contribution is 2.22. The Labute approximate surface area is 111 Å². The molecule has 7 nitrogen and oxygen atoms in total. The van der Waals surface area contributed by atoms with Gasteiger partial charge in [-0.2, -0.15) is 0 Å². The molecule has 1 aromatic carbocycles. The van der Waals surface area contributed by atoms with Crippen LogP contribution >= 0.6 is 0 Å². The summed E-state index contributed by atoms with van der Waals surface area (Å²) in [6, 6.07) is 6.19. The molecule has 0 saturated heterocycles. The molecule has 0 heterocycles. The second kappa shape index (κ2) is 7.32. The fraction of sp³-hybridized carbons (Fsp3) is 0.417. The normalized spacial score (nSPS) is 11.7. The van der Waals surface area contributed by atoms with Crippen LogP contribution in [0.1, 0.15) is 13.3 Å². The third-order valence-electron chi connectivity index (χ3n) is 2.37. The van der Waals surface area contributed by atoms with Gasteiger partial charge in [-0.3, -0.25) is 14.9 Å². The highest BCUT2D eigenvalue weighted by atomic mass is 16.6. The van der Waals surface area contributed by atoms with Crippen molar-refractivity contribution in [2.24, 2.45) is 5.73 Å². The summed E-state index contributed by atoms with van der Waals surface area (Å²) in [4.78, 5) is 21.6. The number of rotatable bonds is 7. The largest absolute Gasteiger partial charge is 0.378 e. The number of nitrogens with one attached hydrogen (secondary N) is 2. The average Bonchev–Trinajstić information content (AvgIpc) is 2.34. The lowest BCUT2D eigenvalue weighted by atomic mass is 10.2. The average molecular weight is 266 g/mol. The molecule has 0 aliphatic rings. The number of nitrogens with two attached hydrogens (primary N) is 1. The standard InChI is InChI=1S/C12H18N4O3/c1-9(13)8-12(17)15-7-6-14-10-4-2-3-5-11(10)16(18)19/h2-5,9,14H,6-8,13H2,1H3,(H,15,17). The molecule has 0 saturated carbocycles. The number of nitro benzene ring substituents is 1. The van der Waals surface area contributed by atoms with Gasteiger partial charge in [0.25, 0.3) is 5.69 Å². The molecule has 0 aliphatic carbocycles. The highest BCUT2D eigenvalue weighted by Gasteiger charge is 2.11. The van der Waals surface area contributed by atoms with Crippen LogP contribution in [0.2, 0.25) is 0 Å². The first-order chi connectivity index (χ1) is 9.00. The summed E-state index contributed by atoms with van der Waals surface area (Å²) >= 11 is 0. The lowest BCUT2D eigenvalue weighted by Crippen LogP contribution is -2.33. The summed E-state index contributed by atoms with van der Waals surface area (Å²) in [5.74, 6) is -0.126. The van der Waals surface area contributed by atoms with Crippen molar-refractivity contribution >= 4 is 17.3 Å². The summed E-state index contributed by atoms with van der Waals surface area (Å²) in [5, 5.41) is 16.4. The van der Waals surface area contributed by atoms with Crippen LogP contribution in [-0.4, -0.2) is 30.0 Å². The maximum Gasteiger partial charge on any atom is 0.292 e. The number of hydrogen-bond acceptors (Lipinski definition) is 5. The fourth-order valence-corrected chi connectivity index (χ4v) is 1.55. The molecule has 0 radical (unpaired) electrons. The van der Waals surface area contributed by atoms with E-state index in [0.29, 0.717) is 18.8 Å². The molecule has 0 aliphatic heterocycles. The molecule has 7 heteroatoms. The van der Waals surface area contributed by atoms with Crippen molar-refractivity contribution < 1.29 is 9.72 Å². The van der Waals surface area contributed by atoms with Gasteiger partial charge in [0.2, 0.25) is 5.91 Å². The molecule has 1 aromatic rings. The summed E-state index contributed by atoms with van der Waals surface area (Å²) in [7, 11) is 0. The Morgan fingerprint density at radius 3 is 2.74 bits per heavy atom. The Morgan fingerprint density at radius 2 is 2.11 bits per heavy atom. The van der Waals surface area contributed by atoms with Crippen molar-refractivity contribution in [3.63, 3.8) is 0 Å². The first-order valence-electron chi connectivity index (χ1n) is 6.00. The van der Waals surface area contributed by atoms with E-state index in [2.05, 4.69) is 10.6 Å². The van der Waals surface area contributed by atoms with Crippen LogP contribution in [0.4, 0.5) is 11.4 Å². The molecule has 0 spiro atoms. The number of hydrogen-bond donors (Lipinski definition) is 3. The van der Waals surface area contributed by atoms with E-state index in [1.165, 1.54) is 6.07 Å². The topological polar surface area (TPSA) is 110 Å². The van der Waals surface area contributed by atoms with E-state index < -0.39 is 4.92 Å². The number of anilines is 1. The minimum Gasteiger partial charge on any atom is -0.378 e. The van der Waals surface area contributed by atoms with Crippen LogP contribution in [0.25, 0.3) is 0 Å². The molecule has 1 unspecified atom stereocenters. The van der Waals surface area contributed by atoms with E-state index in [9.17, 15) is 14.9 Å². The lowest BCUT2D eigenvalue weighted by Gasteiger charge is -2.09. The predicted octanol–water partition coefficient (Wildman–Crippen LogP) is 0.860. The van der Waals surface area contributed by atoms with Crippen molar-refractivity contribution in [1.29, 1.82) is 0 Å². The second-order valence-corrected chi connectivity index (χ2v) is 4.23. The van der Waals surface area contributed by atoms with Crippen LogP contribution in [0.5, 0.6) is 0 Å². The van der Waals surface area contributed by atoms with Gasteiger partial charge < -0.3 is 16.4 Å². The van der Waals surface area contributed by atoms with Gasteiger partial charge in [-0.1, -0.05) is 12.1 Å². The van der Waals surface area contributed by atoms with Crippen molar-refractivity contribution in [3.8, 4) is 0 Å². The maximum atomic E-state index is 11.3. The minimum atomic E-state index is -0.447. The van der Waals surface area contributed by atoms with E-state index >= 15 is 0 Å². The Hall–Kier alpha value is -2.15. The highest BCUT2D eigenvalue weighted by molar-refractivity contribution is 5.76. The molecule has 0 bridgehead atoms. The molecule has 1 rings (SSSR count). The van der Waals surface area contributed by atoms with Gasteiger partial charge in [0.15, 0.2) is 0 Å². The number of carbonyl (C=O) groups is 1. The van der Waals surface area contributed by atoms with Crippen LogP contribution < -0.4 is 16.4 Å². The number of para-hydroxylation sites is 2. The monoisotopic (exact) mass is 266 g/mol. The van der Waals surface area contributed by atoms with Crippen molar-refractivity contribution in [1.82, 2.24) is 5.32 Å². The lowest BCUT2D eigenvalue weighted by molar-refractivity contribution is -0.384. The van der Waals surface area contributed by atoms with Crippen LogP contribution in [0.15, 0.2) is 24.3 Å². The zero-order valence-electron chi connectivity index (χ0n) is 10.8. The number of amides is 1. The third kappa shape index (κ3) is 5.35. The summed E-state index contributed by atoms with van der Waals surface area (Å²) < 4.78 is 0. The number of nitrogens with zero attached hydrogens (tertiary/aromatic N) is 1. The molecule has 0 aromatic heterocycles. The number of nitro groups is 1. The first kappa shape index (κ1) is 14.9. The fourth-order valence-electron chi connectivity index (χ4n) is 1.55. The van der Waals surface area contributed by atoms with Crippen molar-refractivity contribution in [3.05, 3.63) is 34.4 Å². The Balaban J connectivity index is 2.38. The Morgan fingerprint density at radius 1 is 1.42 bits per heavy atom. The molecule has 104 valence electrons. The summed E-state index contributed by atoms with van der Waals surface area (Å²) in [6.07, 6.45) is 0.269. The number of carbonyl (C=O) groups excluding carboxylic acids is 1. The van der Waals surface area contributed by atoms with E-state index in [4.69, 9.17) is 5.73 Å². The van der Waals surface area contributed by atoms with Crippen LogP contribution in [0.3, 0.4) is 0 Å². The first-order valence-corrected chi connectivity index (χ1v) is 6.00. The van der Waals surface area contributed by atoms with Gasteiger partial charge in [0, 0.05) is 31.6 Å². The second-order valence-electron chi connectivity index (χ2n) is 4.23. The molecule has 1 amide bonds. The van der Waals surface area contributed by atoms with Gasteiger partial charge in [0.1, 0.15) is 5.69 Å². The predicted molar refractivity (Wildman–Crippen MR) is 72.9 cm³/mol. The van der Waals surface area contributed by atoms with E-state index in [-0.39, 0.29) is 24.1 Å². The van der Waals surface area contributed by atoms with E-state index in [1.54, 1.807) is 25.1 Å². The smallest absolute Gasteiger partial charge is 0.292 e. The van der Waals surface area contributed by atoms with Gasteiger partial charge in [-0.15, -0.1) is 0 Å². The molecule has 19 heavy (non-hydrogen) atoms. The summed E-state index contributed by atoms with van der Waals surface area (Å²) in [6.45, 7) is 2.55. The van der Waals surface area contributed by atoms with Gasteiger partial charge in [-0.25, -0.2) is 0 Å². The molecule has 1 atom stereocenters. The van der Waals surface area contributed by atoms with Gasteiger partial charge in [-0.05, 0) is 13.0 Å². The maximum absolute atomic E-state index is 11.3. The molecular weight excluding hydrogens is 248 g/mol. The van der Waals surface area contributed by atoms with Crippen molar-refractivity contribution in [2.45, 2.75) is 19.4 Å². The Bertz CT molecular complexity index is 448. The van der Waals surface area contributed by atoms with Gasteiger partial charge in [0.05, 0.1) is 4.92 Å². The minimum absolute atomic E-state index is 0.0180. The zero-order valence-corrected chi connectivity index (χ0v) is 10.8. The van der Waals surface area contributed by atoms with Gasteiger partial charge >= 0.3 is 0 Å². The summed E-state index contributed by atoms with van der Waals surface area (Å²) in [5.41, 5.74) is 5.95. The SMILES string of the molecule is CC(N)CC(=O)NCCNc1ccccc1[N+](=O)[O-]. The molecular formula is C12H18N4O3. The quantitative estimate of drug-likeness (QED) is 0.385. The van der Waals surface area contributed by atoms with E-state index in [1.807, 2.05) is 0 Å². The number of benzene rings is 1. The van der Waals surface area contributed by atoms with Crippen LogP contribution in [-0.2, 0) is 4.79 Å².